The number of anilines is 2. The molecule has 0 radical (unpaired) electrons. The lowest BCUT2D eigenvalue weighted by atomic mass is 10.1. The molecule has 0 aromatic heterocycles. The average Bonchev–Trinajstić information content (AvgIpc) is 3.10. The van der Waals surface area contributed by atoms with Crippen LogP contribution in [0.15, 0.2) is 36.4 Å². The zero-order valence-corrected chi connectivity index (χ0v) is 17.8. The van der Waals surface area contributed by atoms with Gasteiger partial charge in [-0.15, -0.1) is 0 Å². The molecule has 1 aliphatic rings. The fraction of sp³-hybridized carbons (Fsp3) is 0.250. The third-order valence-electron chi connectivity index (χ3n) is 4.51. The zero-order chi connectivity index (χ0) is 21.1. The Morgan fingerprint density at radius 3 is 2.41 bits per heavy atom. The lowest BCUT2D eigenvalue weighted by Gasteiger charge is -2.21. The Hall–Kier alpha value is -2.28. The van der Waals surface area contributed by atoms with E-state index in [4.69, 9.17) is 34.8 Å². The molecular weight excluding hydrogens is 437 g/mol. The molecule has 6 nitrogen and oxygen atoms in total. The van der Waals surface area contributed by atoms with Crippen molar-refractivity contribution in [1.29, 1.82) is 0 Å². The lowest BCUT2D eigenvalue weighted by Crippen LogP contribution is -2.35. The van der Waals surface area contributed by atoms with Gasteiger partial charge >= 0.3 is 0 Å². The number of nitrogens with one attached hydrogen (secondary N) is 1. The van der Waals surface area contributed by atoms with Crippen LogP contribution in [0.4, 0.5) is 11.4 Å². The smallest absolute Gasteiger partial charge is 0.254 e. The van der Waals surface area contributed by atoms with Crippen molar-refractivity contribution in [3.8, 4) is 0 Å². The Kier molecular flexibility index (Phi) is 6.67. The first-order valence-corrected chi connectivity index (χ1v) is 10.0. The number of carbonyl (C=O) groups is 3. The van der Waals surface area contributed by atoms with Crippen LogP contribution in [-0.2, 0) is 9.59 Å². The van der Waals surface area contributed by atoms with Gasteiger partial charge in [0.1, 0.15) is 0 Å². The molecular formula is C20H18Cl3N3O3. The first-order valence-electron chi connectivity index (χ1n) is 8.87. The standard InChI is InChI=1S/C20H18Cl3N3O3/c1-25(11-17(27)24-19-14(22)4-2-5-15(19)23)20(29)12-7-8-13(21)16(10-12)26-9-3-6-18(26)28/h2,4-5,7-8,10H,3,6,9,11H2,1H3,(H,24,27). The molecule has 152 valence electrons. The molecule has 1 heterocycles. The zero-order valence-electron chi connectivity index (χ0n) is 15.5. The number of rotatable bonds is 5. The third kappa shape index (κ3) is 4.83. The van der Waals surface area contributed by atoms with Crippen molar-refractivity contribution < 1.29 is 14.4 Å². The summed E-state index contributed by atoms with van der Waals surface area (Å²) in [5.74, 6) is -0.851. The first kappa shape index (κ1) is 21.4. The summed E-state index contributed by atoms with van der Waals surface area (Å²) in [5.41, 5.74) is 1.12. The number of hydrogen-bond acceptors (Lipinski definition) is 3. The second-order valence-electron chi connectivity index (χ2n) is 6.62. The van der Waals surface area contributed by atoms with Crippen LogP contribution in [0.25, 0.3) is 0 Å². The van der Waals surface area contributed by atoms with Crippen LogP contribution < -0.4 is 10.2 Å². The van der Waals surface area contributed by atoms with Crippen molar-refractivity contribution in [2.75, 3.05) is 30.4 Å². The monoisotopic (exact) mass is 453 g/mol. The molecule has 1 saturated heterocycles. The molecule has 29 heavy (non-hydrogen) atoms. The van der Waals surface area contributed by atoms with Crippen LogP contribution in [0.1, 0.15) is 23.2 Å². The minimum Gasteiger partial charge on any atom is -0.332 e. The van der Waals surface area contributed by atoms with Gasteiger partial charge in [-0.2, -0.15) is 0 Å². The maximum atomic E-state index is 12.8. The van der Waals surface area contributed by atoms with Crippen LogP contribution in [0, 0.1) is 0 Å². The van der Waals surface area contributed by atoms with Crippen molar-refractivity contribution in [1.82, 2.24) is 4.90 Å². The Bertz CT molecular complexity index is 960. The number of amides is 3. The topological polar surface area (TPSA) is 69.7 Å². The van der Waals surface area contributed by atoms with E-state index in [9.17, 15) is 14.4 Å². The number of hydrogen-bond donors (Lipinski definition) is 1. The molecule has 1 aliphatic heterocycles. The van der Waals surface area contributed by atoms with Crippen LogP contribution in [0.5, 0.6) is 0 Å². The van der Waals surface area contributed by atoms with Gasteiger partial charge in [0.25, 0.3) is 5.91 Å². The highest BCUT2D eigenvalue weighted by molar-refractivity contribution is 6.39. The van der Waals surface area contributed by atoms with Crippen LogP contribution >= 0.6 is 34.8 Å². The molecule has 0 spiro atoms. The van der Waals surface area contributed by atoms with Crippen LogP contribution in [0.3, 0.4) is 0 Å². The molecule has 9 heteroatoms. The number of benzene rings is 2. The molecule has 0 bridgehead atoms. The molecule has 0 aliphatic carbocycles. The SMILES string of the molecule is CN(CC(=O)Nc1c(Cl)cccc1Cl)C(=O)c1ccc(Cl)c(N2CCCC2=O)c1. The summed E-state index contributed by atoms with van der Waals surface area (Å²) in [4.78, 5) is 40.0. The minimum absolute atomic E-state index is 0.0270. The van der Waals surface area contributed by atoms with Gasteiger partial charge < -0.3 is 15.1 Å². The predicted molar refractivity (Wildman–Crippen MR) is 115 cm³/mol. The van der Waals surface area contributed by atoms with Gasteiger partial charge in [-0.3, -0.25) is 14.4 Å². The van der Waals surface area contributed by atoms with Gasteiger partial charge in [-0.05, 0) is 36.8 Å². The van der Waals surface area contributed by atoms with Crippen LogP contribution in [0.2, 0.25) is 15.1 Å². The summed E-state index contributed by atoms with van der Waals surface area (Å²) >= 11 is 18.3. The van der Waals surface area contributed by atoms with Gasteiger partial charge in [0.15, 0.2) is 0 Å². The Morgan fingerprint density at radius 1 is 1.10 bits per heavy atom. The molecule has 1 fully saturated rings. The third-order valence-corrected chi connectivity index (χ3v) is 5.46. The maximum Gasteiger partial charge on any atom is 0.254 e. The van der Waals surface area contributed by atoms with Gasteiger partial charge in [0.05, 0.1) is 33.0 Å². The van der Waals surface area contributed by atoms with Crippen LogP contribution in [-0.4, -0.2) is 42.8 Å². The molecule has 0 atom stereocenters. The van der Waals surface area contributed by atoms with Gasteiger partial charge in [0.2, 0.25) is 11.8 Å². The summed E-state index contributed by atoms with van der Waals surface area (Å²) < 4.78 is 0. The minimum atomic E-state index is -0.445. The number of carbonyl (C=O) groups excluding carboxylic acids is 3. The predicted octanol–water partition coefficient (Wildman–Crippen LogP) is 4.48. The highest BCUT2D eigenvalue weighted by Gasteiger charge is 2.25. The Labute approximate surface area is 183 Å². The summed E-state index contributed by atoms with van der Waals surface area (Å²) in [6.45, 7) is 0.355. The van der Waals surface area contributed by atoms with E-state index in [2.05, 4.69) is 5.32 Å². The summed E-state index contributed by atoms with van der Waals surface area (Å²) in [6.07, 6.45) is 1.21. The highest BCUT2D eigenvalue weighted by atomic mass is 35.5. The lowest BCUT2D eigenvalue weighted by molar-refractivity contribution is -0.117. The van der Waals surface area contributed by atoms with Crippen molar-refractivity contribution in [2.45, 2.75) is 12.8 Å². The Balaban J connectivity index is 1.71. The average molecular weight is 455 g/mol. The van der Waals surface area contributed by atoms with Gasteiger partial charge in [0, 0.05) is 25.6 Å². The highest BCUT2D eigenvalue weighted by Crippen LogP contribution is 2.31. The van der Waals surface area contributed by atoms with Crippen molar-refractivity contribution in [2.24, 2.45) is 0 Å². The van der Waals surface area contributed by atoms with E-state index in [1.807, 2.05) is 0 Å². The summed E-state index contributed by atoms with van der Waals surface area (Å²) in [6, 6.07) is 9.59. The quantitative estimate of drug-likeness (QED) is 0.724. The molecule has 3 rings (SSSR count). The maximum absolute atomic E-state index is 12.8. The number of para-hydroxylation sites is 1. The second-order valence-corrected chi connectivity index (χ2v) is 7.84. The van der Waals surface area contributed by atoms with Crippen molar-refractivity contribution in [3.63, 3.8) is 0 Å². The number of halogens is 3. The van der Waals surface area contributed by atoms with E-state index in [-0.39, 0.29) is 18.4 Å². The molecule has 0 saturated carbocycles. The fourth-order valence-electron chi connectivity index (χ4n) is 3.06. The molecule has 3 amide bonds. The summed E-state index contributed by atoms with van der Waals surface area (Å²) in [5, 5.41) is 3.62. The van der Waals surface area contributed by atoms with E-state index in [1.54, 1.807) is 41.3 Å². The number of likely N-dealkylation sites (N-methyl/N-ethyl adjacent to an activating group) is 1. The molecule has 0 unspecified atom stereocenters. The second kappa shape index (κ2) is 9.03. The van der Waals surface area contributed by atoms with E-state index in [0.717, 1.165) is 6.42 Å². The summed E-state index contributed by atoms with van der Waals surface area (Å²) in [7, 11) is 1.51. The van der Waals surface area contributed by atoms with E-state index in [0.29, 0.717) is 45.0 Å². The number of nitrogens with zero attached hydrogens (tertiary/aromatic N) is 2. The normalized spacial score (nSPS) is 13.5. The molecule has 2 aromatic rings. The molecule has 2 aromatic carbocycles. The van der Waals surface area contributed by atoms with Crippen molar-refractivity contribution >= 4 is 63.9 Å². The Morgan fingerprint density at radius 2 is 1.79 bits per heavy atom. The van der Waals surface area contributed by atoms with Crippen molar-refractivity contribution in [3.05, 3.63) is 57.0 Å². The fourth-order valence-corrected chi connectivity index (χ4v) is 3.77. The van der Waals surface area contributed by atoms with E-state index < -0.39 is 5.91 Å². The van der Waals surface area contributed by atoms with Gasteiger partial charge in [-0.25, -0.2) is 0 Å². The first-order chi connectivity index (χ1) is 13.8. The molecule has 1 N–H and O–H groups in total. The van der Waals surface area contributed by atoms with E-state index >= 15 is 0 Å². The van der Waals surface area contributed by atoms with Gasteiger partial charge in [-0.1, -0.05) is 40.9 Å². The van der Waals surface area contributed by atoms with E-state index in [1.165, 1.54) is 11.9 Å². The largest absolute Gasteiger partial charge is 0.332 e.